The van der Waals surface area contributed by atoms with Gasteiger partial charge >= 0.3 is 0 Å². The lowest BCUT2D eigenvalue weighted by atomic mass is 10.2. The van der Waals surface area contributed by atoms with Crippen LogP contribution in [0.1, 0.15) is 38.5 Å². The Kier molecular flexibility index (Phi) is 2.85. The third-order valence-electron chi connectivity index (χ3n) is 3.30. The molecule has 2 aliphatic rings. The van der Waals surface area contributed by atoms with E-state index in [1.807, 2.05) is 0 Å². The standard InChI is InChI=1S/C11H18N2/c12-7-8-13(9-10-5-6-10)11-3-1-2-4-11/h10-11H,1-6,8-9H2. The third-order valence-corrected chi connectivity index (χ3v) is 3.30. The van der Waals surface area contributed by atoms with Crippen molar-refractivity contribution in [2.24, 2.45) is 5.92 Å². The van der Waals surface area contributed by atoms with E-state index in [1.165, 1.54) is 45.1 Å². The second-order valence-corrected chi connectivity index (χ2v) is 4.47. The van der Waals surface area contributed by atoms with Gasteiger partial charge in [0, 0.05) is 12.6 Å². The van der Waals surface area contributed by atoms with E-state index >= 15 is 0 Å². The third kappa shape index (κ3) is 2.45. The van der Waals surface area contributed by atoms with Crippen molar-refractivity contribution in [1.82, 2.24) is 4.90 Å². The van der Waals surface area contributed by atoms with E-state index in [9.17, 15) is 0 Å². The maximum atomic E-state index is 8.74. The lowest BCUT2D eigenvalue weighted by Gasteiger charge is -2.25. The Morgan fingerprint density at radius 2 is 1.85 bits per heavy atom. The molecule has 0 bridgehead atoms. The van der Waals surface area contributed by atoms with E-state index in [1.54, 1.807) is 0 Å². The smallest absolute Gasteiger partial charge is 0.0868 e. The van der Waals surface area contributed by atoms with E-state index < -0.39 is 0 Å². The molecule has 2 rings (SSSR count). The molecule has 0 amide bonds. The van der Waals surface area contributed by atoms with Gasteiger partial charge in [0.1, 0.15) is 0 Å². The first-order valence-corrected chi connectivity index (χ1v) is 5.51. The molecule has 2 heteroatoms. The highest BCUT2D eigenvalue weighted by Crippen LogP contribution is 2.32. The zero-order valence-corrected chi connectivity index (χ0v) is 8.21. The van der Waals surface area contributed by atoms with E-state index in [0.717, 1.165) is 12.0 Å². The predicted molar refractivity (Wildman–Crippen MR) is 52.2 cm³/mol. The Morgan fingerprint density at radius 3 is 2.38 bits per heavy atom. The van der Waals surface area contributed by atoms with Crippen molar-refractivity contribution in [1.29, 1.82) is 5.26 Å². The van der Waals surface area contributed by atoms with Crippen molar-refractivity contribution in [3.05, 3.63) is 0 Å². The highest BCUT2D eigenvalue weighted by atomic mass is 15.2. The Hall–Kier alpha value is -0.550. The summed E-state index contributed by atoms with van der Waals surface area (Å²) in [6, 6.07) is 3.04. The second-order valence-electron chi connectivity index (χ2n) is 4.47. The average molecular weight is 178 g/mol. The minimum Gasteiger partial charge on any atom is -0.287 e. The Labute approximate surface area is 80.5 Å². The van der Waals surface area contributed by atoms with Gasteiger partial charge in [-0.05, 0) is 31.6 Å². The maximum absolute atomic E-state index is 8.74. The summed E-state index contributed by atoms with van der Waals surface area (Å²) in [6.45, 7) is 1.85. The molecule has 2 aliphatic carbocycles. The molecular weight excluding hydrogens is 160 g/mol. The molecule has 0 atom stereocenters. The molecule has 2 saturated carbocycles. The van der Waals surface area contributed by atoms with Crippen LogP contribution in [0.5, 0.6) is 0 Å². The molecule has 72 valence electrons. The van der Waals surface area contributed by atoms with Crippen LogP contribution >= 0.6 is 0 Å². The van der Waals surface area contributed by atoms with E-state index in [0.29, 0.717) is 6.54 Å². The fourth-order valence-corrected chi connectivity index (χ4v) is 2.34. The second kappa shape index (κ2) is 4.11. The molecule has 0 aromatic heterocycles. The first-order valence-electron chi connectivity index (χ1n) is 5.51. The summed E-state index contributed by atoms with van der Waals surface area (Å²) in [4.78, 5) is 2.42. The molecule has 13 heavy (non-hydrogen) atoms. The van der Waals surface area contributed by atoms with Crippen molar-refractivity contribution in [3.63, 3.8) is 0 Å². The molecule has 0 N–H and O–H groups in total. The molecule has 0 unspecified atom stereocenters. The van der Waals surface area contributed by atoms with Gasteiger partial charge in [-0.2, -0.15) is 5.26 Å². The molecule has 0 radical (unpaired) electrons. The van der Waals surface area contributed by atoms with Gasteiger partial charge in [0.25, 0.3) is 0 Å². The van der Waals surface area contributed by atoms with Gasteiger partial charge in [-0.1, -0.05) is 12.8 Å². The maximum Gasteiger partial charge on any atom is 0.0868 e. The van der Waals surface area contributed by atoms with Crippen LogP contribution in [0.4, 0.5) is 0 Å². The fraction of sp³-hybridized carbons (Fsp3) is 0.909. The lowest BCUT2D eigenvalue weighted by Crippen LogP contribution is -2.35. The van der Waals surface area contributed by atoms with E-state index in [4.69, 9.17) is 5.26 Å². The normalized spacial score (nSPS) is 23.7. The van der Waals surface area contributed by atoms with Gasteiger partial charge in [0.2, 0.25) is 0 Å². The van der Waals surface area contributed by atoms with Crippen molar-refractivity contribution in [3.8, 4) is 6.07 Å². The molecule has 0 spiro atoms. The van der Waals surface area contributed by atoms with Gasteiger partial charge in [-0.25, -0.2) is 0 Å². The minimum absolute atomic E-state index is 0.654. The summed E-state index contributed by atoms with van der Waals surface area (Å²) in [5.74, 6) is 0.925. The van der Waals surface area contributed by atoms with Crippen LogP contribution in [0, 0.1) is 17.2 Å². The van der Waals surface area contributed by atoms with Crippen molar-refractivity contribution >= 4 is 0 Å². The van der Waals surface area contributed by atoms with Crippen LogP contribution < -0.4 is 0 Å². The van der Waals surface area contributed by atoms with Crippen LogP contribution in [-0.4, -0.2) is 24.0 Å². The molecule has 0 saturated heterocycles. The number of nitrogens with zero attached hydrogens (tertiary/aromatic N) is 2. The zero-order chi connectivity index (χ0) is 9.10. The Morgan fingerprint density at radius 1 is 1.15 bits per heavy atom. The molecule has 0 heterocycles. The van der Waals surface area contributed by atoms with Crippen molar-refractivity contribution in [2.75, 3.05) is 13.1 Å². The first kappa shape index (κ1) is 9.02. The van der Waals surface area contributed by atoms with Gasteiger partial charge in [-0.3, -0.25) is 4.90 Å². The lowest BCUT2D eigenvalue weighted by molar-refractivity contribution is 0.214. The summed E-state index contributed by atoms with van der Waals surface area (Å²) < 4.78 is 0. The van der Waals surface area contributed by atoms with Crippen LogP contribution in [0.3, 0.4) is 0 Å². The topological polar surface area (TPSA) is 27.0 Å². The van der Waals surface area contributed by atoms with Gasteiger partial charge < -0.3 is 0 Å². The summed E-state index contributed by atoms with van der Waals surface area (Å²) in [7, 11) is 0. The summed E-state index contributed by atoms with van der Waals surface area (Å²) in [6.07, 6.45) is 8.20. The number of rotatable bonds is 4. The number of nitriles is 1. The predicted octanol–water partition coefficient (Wildman–Crippen LogP) is 2.16. The Bertz CT molecular complexity index is 197. The molecule has 2 nitrogen and oxygen atoms in total. The summed E-state index contributed by atoms with van der Waals surface area (Å²) in [5, 5.41) is 8.74. The fourth-order valence-electron chi connectivity index (χ4n) is 2.34. The molecular formula is C11H18N2. The van der Waals surface area contributed by atoms with Crippen molar-refractivity contribution < 1.29 is 0 Å². The summed E-state index contributed by atoms with van der Waals surface area (Å²) >= 11 is 0. The molecule has 0 aliphatic heterocycles. The molecule has 2 fully saturated rings. The monoisotopic (exact) mass is 178 g/mol. The SMILES string of the molecule is N#CCN(CC1CC1)C1CCCC1. The quantitative estimate of drug-likeness (QED) is 0.617. The van der Waals surface area contributed by atoms with Crippen LogP contribution in [0.15, 0.2) is 0 Å². The zero-order valence-electron chi connectivity index (χ0n) is 8.21. The molecule has 0 aromatic rings. The highest BCUT2D eigenvalue weighted by molar-refractivity contribution is 4.88. The number of hydrogen-bond donors (Lipinski definition) is 0. The van der Waals surface area contributed by atoms with Gasteiger partial charge in [0.15, 0.2) is 0 Å². The Balaban J connectivity index is 1.83. The van der Waals surface area contributed by atoms with Gasteiger partial charge in [0.05, 0.1) is 12.6 Å². The highest BCUT2D eigenvalue weighted by Gasteiger charge is 2.29. The van der Waals surface area contributed by atoms with E-state index in [2.05, 4.69) is 11.0 Å². The average Bonchev–Trinajstić information content (AvgIpc) is 2.80. The minimum atomic E-state index is 0.654. The van der Waals surface area contributed by atoms with Crippen molar-refractivity contribution in [2.45, 2.75) is 44.6 Å². The van der Waals surface area contributed by atoms with Crippen LogP contribution in [0.25, 0.3) is 0 Å². The first-order chi connectivity index (χ1) is 6.40. The van der Waals surface area contributed by atoms with E-state index in [-0.39, 0.29) is 0 Å². The largest absolute Gasteiger partial charge is 0.287 e. The molecule has 0 aromatic carbocycles. The number of hydrogen-bond acceptors (Lipinski definition) is 2. The van der Waals surface area contributed by atoms with Crippen LogP contribution in [-0.2, 0) is 0 Å². The van der Waals surface area contributed by atoms with Crippen LogP contribution in [0.2, 0.25) is 0 Å². The van der Waals surface area contributed by atoms with Gasteiger partial charge in [-0.15, -0.1) is 0 Å². The summed E-state index contributed by atoms with van der Waals surface area (Å²) in [5.41, 5.74) is 0.